The molecule has 0 spiro atoms. The predicted octanol–water partition coefficient (Wildman–Crippen LogP) is 3.08. The topological polar surface area (TPSA) is 71.5 Å². The average molecular weight is 385 g/mol. The van der Waals surface area contributed by atoms with Gasteiger partial charge in [-0.25, -0.2) is 9.97 Å². The average Bonchev–Trinajstić information content (AvgIpc) is 3.14. The lowest BCUT2D eigenvalue weighted by Gasteiger charge is -2.24. The van der Waals surface area contributed by atoms with Gasteiger partial charge in [-0.3, -0.25) is 14.7 Å². The fourth-order valence-corrected chi connectivity index (χ4v) is 3.77. The monoisotopic (exact) mass is 385 g/mol. The van der Waals surface area contributed by atoms with E-state index in [1.54, 1.807) is 18.2 Å². The second-order valence-corrected chi connectivity index (χ2v) is 6.91. The van der Waals surface area contributed by atoms with Crippen molar-refractivity contribution < 1.29 is 9.53 Å². The molecule has 3 rings (SSSR count). The minimum Gasteiger partial charge on any atom is -0.497 e. The van der Waals surface area contributed by atoms with Crippen molar-refractivity contribution in [2.45, 2.75) is 13.8 Å². The van der Waals surface area contributed by atoms with Crippen LogP contribution in [0, 0.1) is 0 Å². The van der Waals surface area contributed by atoms with Crippen molar-refractivity contribution in [3.05, 3.63) is 42.5 Å². The Bertz CT molecular complexity index is 896. The first kappa shape index (κ1) is 19.2. The molecule has 142 valence electrons. The summed E-state index contributed by atoms with van der Waals surface area (Å²) in [6, 6.07) is 5.71. The summed E-state index contributed by atoms with van der Waals surface area (Å²) in [5.74, 6) is 0.578. The molecule has 0 atom stereocenters. The van der Waals surface area contributed by atoms with Crippen LogP contribution in [-0.4, -0.2) is 59.0 Å². The van der Waals surface area contributed by atoms with E-state index in [9.17, 15) is 4.79 Å². The van der Waals surface area contributed by atoms with E-state index in [-0.39, 0.29) is 5.91 Å². The minimum absolute atomic E-state index is 0.193. The van der Waals surface area contributed by atoms with Crippen LogP contribution in [0.4, 0.5) is 5.13 Å². The number of rotatable bonds is 8. The van der Waals surface area contributed by atoms with Gasteiger partial charge >= 0.3 is 0 Å². The van der Waals surface area contributed by atoms with Crippen LogP contribution in [0.15, 0.2) is 36.8 Å². The molecule has 0 saturated carbocycles. The van der Waals surface area contributed by atoms with Gasteiger partial charge in [-0.15, -0.1) is 0 Å². The standard InChI is InChI=1S/C19H23N5O2S/c1-4-23(5-2)10-11-24(18(25)16-13-20-8-9-21-16)19-22-15-7-6-14(26-3)12-17(15)27-19/h6-9,12-13H,4-5,10-11H2,1-3H3. The highest BCUT2D eigenvalue weighted by molar-refractivity contribution is 7.22. The Kier molecular flexibility index (Phi) is 6.31. The van der Waals surface area contributed by atoms with Gasteiger partial charge in [0.15, 0.2) is 5.13 Å². The molecule has 1 amide bonds. The molecule has 0 fully saturated rings. The SMILES string of the molecule is CCN(CC)CCN(C(=O)c1cnccn1)c1nc2ccc(OC)cc2s1. The van der Waals surface area contributed by atoms with Crippen molar-refractivity contribution >= 4 is 32.6 Å². The Morgan fingerprint density at radius 3 is 2.67 bits per heavy atom. The van der Waals surface area contributed by atoms with Crippen LogP contribution in [-0.2, 0) is 0 Å². The number of benzene rings is 1. The Morgan fingerprint density at radius 1 is 1.19 bits per heavy atom. The zero-order valence-corrected chi connectivity index (χ0v) is 16.6. The minimum atomic E-state index is -0.193. The molecule has 0 saturated heterocycles. The van der Waals surface area contributed by atoms with Gasteiger partial charge in [0.2, 0.25) is 0 Å². The quantitative estimate of drug-likeness (QED) is 0.593. The lowest BCUT2D eigenvalue weighted by atomic mass is 10.3. The number of thiazole rings is 1. The van der Waals surface area contributed by atoms with Crippen molar-refractivity contribution in [3.8, 4) is 5.75 Å². The van der Waals surface area contributed by atoms with E-state index in [4.69, 9.17) is 4.74 Å². The normalized spacial score (nSPS) is 11.1. The third kappa shape index (κ3) is 4.40. The van der Waals surface area contributed by atoms with Crippen molar-refractivity contribution in [1.29, 1.82) is 0 Å². The van der Waals surface area contributed by atoms with Gasteiger partial charge < -0.3 is 9.64 Å². The van der Waals surface area contributed by atoms with Crippen molar-refractivity contribution in [2.75, 3.05) is 38.2 Å². The number of methoxy groups -OCH3 is 1. The highest BCUT2D eigenvalue weighted by atomic mass is 32.1. The number of carbonyl (C=O) groups is 1. The molecule has 2 heterocycles. The maximum Gasteiger partial charge on any atom is 0.280 e. The number of carbonyl (C=O) groups excluding carboxylic acids is 1. The van der Waals surface area contributed by atoms with Crippen LogP contribution in [0.25, 0.3) is 10.2 Å². The highest BCUT2D eigenvalue weighted by Gasteiger charge is 2.23. The summed E-state index contributed by atoms with van der Waals surface area (Å²) in [6.07, 6.45) is 4.57. The number of aromatic nitrogens is 3. The fourth-order valence-electron chi connectivity index (χ4n) is 2.75. The number of hydrogen-bond acceptors (Lipinski definition) is 7. The van der Waals surface area contributed by atoms with Crippen LogP contribution in [0.2, 0.25) is 0 Å². The zero-order valence-electron chi connectivity index (χ0n) is 15.8. The van der Waals surface area contributed by atoms with Crippen LogP contribution in [0.1, 0.15) is 24.3 Å². The molecule has 3 aromatic rings. The number of nitrogens with zero attached hydrogens (tertiary/aromatic N) is 5. The first-order valence-corrected chi connectivity index (χ1v) is 9.72. The molecule has 0 aliphatic carbocycles. The van der Waals surface area contributed by atoms with E-state index in [2.05, 4.69) is 33.7 Å². The third-order valence-electron chi connectivity index (χ3n) is 4.38. The predicted molar refractivity (Wildman–Crippen MR) is 108 cm³/mol. The van der Waals surface area contributed by atoms with E-state index in [0.29, 0.717) is 17.4 Å². The largest absolute Gasteiger partial charge is 0.497 e. The van der Waals surface area contributed by atoms with Gasteiger partial charge in [0, 0.05) is 25.5 Å². The maximum atomic E-state index is 13.1. The number of fused-ring (bicyclic) bond motifs is 1. The van der Waals surface area contributed by atoms with Crippen molar-refractivity contribution in [2.24, 2.45) is 0 Å². The van der Waals surface area contributed by atoms with Crippen LogP contribution >= 0.6 is 11.3 Å². The van der Waals surface area contributed by atoms with Crippen LogP contribution in [0.3, 0.4) is 0 Å². The molecule has 1 aromatic carbocycles. The fraction of sp³-hybridized carbons (Fsp3) is 0.368. The second kappa shape index (κ2) is 8.88. The summed E-state index contributed by atoms with van der Waals surface area (Å²) in [4.78, 5) is 29.9. The van der Waals surface area contributed by atoms with E-state index in [1.807, 2.05) is 18.2 Å². The van der Waals surface area contributed by atoms with Crippen LogP contribution in [0.5, 0.6) is 5.75 Å². The lowest BCUT2D eigenvalue weighted by Crippen LogP contribution is -2.39. The molecular formula is C19H23N5O2S. The summed E-state index contributed by atoms with van der Waals surface area (Å²) in [5.41, 5.74) is 1.16. The molecule has 0 unspecified atom stereocenters. The highest BCUT2D eigenvalue weighted by Crippen LogP contribution is 2.32. The molecule has 0 bridgehead atoms. The lowest BCUT2D eigenvalue weighted by molar-refractivity contribution is 0.0978. The first-order chi connectivity index (χ1) is 13.2. The summed E-state index contributed by atoms with van der Waals surface area (Å²) in [6.45, 7) is 7.39. The van der Waals surface area contributed by atoms with Gasteiger partial charge in [-0.2, -0.15) is 0 Å². The summed E-state index contributed by atoms with van der Waals surface area (Å²) in [7, 11) is 1.64. The Hall–Kier alpha value is -2.58. The maximum absolute atomic E-state index is 13.1. The van der Waals surface area contributed by atoms with Crippen molar-refractivity contribution in [1.82, 2.24) is 19.9 Å². The van der Waals surface area contributed by atoms with E-state index in [0.717, 1.165) is 35.6 Å². The molecule has 7 nitrogen and oxygen atoms in total. The molecule has 0 N–H and O–H groups in total. The zero-order chi connectivity index (χ0) is 19.2. The van der Waals surface area contributed by atoms with E-state index < -0.39 is 0 Å². The number of amides is 1. The van der Waals surface area contributed by atoms with Gasteiger partial charge in [0.05, 0.1) is 23.5 Å². The summed E-state index contributed by atoms with van der Waals surface area (Å²) >= 11 is 1.47. The van der Waals surface area contributed by atoms with Gasteiger partial charge in [-0.05, 0) is 31.3 Å². The molecule has 0 aliphatic heterocycles. The van der Waals surface area contributed by atoms with Crippen molar-refractivity contribution in [3.63, 3.8) is 0 Å². The van der Waals surface area contributed by atoms with Gasteiger partial charge in [0.1, 0.15) is 11.4 Å². The molecule has 8 heteroatoms. The number of anilines is 1. The Morgan fingerprint density at radius 2 is 2.00 bits per heavy atom. The molecule has 0 aliphatic rings. The van der Waals surface area contributed by atoms with Gasteiger partial charge in [0.25, 0.3) is 5.91 Å². The number of ether oxygens (including phenoxy) is 1. The molecule has 27 heavy (non-hydrogen) atoms. The van der Waals surface area contributed by atoms with E-state index >= 15 is 0 Å². The molecule has 2 aromatic heterocycles. The second-order valence-electron chi connectivity index (χ2n) is 5.90. The third-order valence-corrected chi connectivity index (χ3v) is 5.42. The molecule has 0 radical (unpaired) electrons. The van der Waals surface area contributed by atoms with Crippen LogP contribution < -0.4 is 9.64 Å². The van der Waals surface area contributed by atoms with Gasteiger partial charge in [-0.1, -0.05) is 25.2 Å². The Labute approximate surface area is 162 Å². The Balaban J connectivity index is 1.94. The summed E-state index contributed by atoms with van der Waals surface area (Å²) < 4.78 is 6.27. The van der Waals surface area contributed by atoms with E-state index in [1.165, 1.54) is 23.7 Å². The summed E-state index contributed by atoms with van der Waals surface area (Å²) in [5, 5.41) is 0.654. The number of hydrogen-bond donors (Lipinski definition) is 0. The number of likely N-dealkylation sites (N-methyl/N-ethyl adjacent to an activating group) is 1. The molecular weight excluding hydrogens is 362 g/mol. The smallest absolute Gasteiger partial charge is 0.280 e. The first-order valence-electron chi connectivity index (χ1n) is 8.91.